The van der Waals surface area contributed by atoms with E-state index in [4.69, 9.17) is 4.74 Å². The third-order valence-corrected chi connectivity index (χ3v) is 3.84. The Morgan fingerprint density at radius 2 is 2.05 bits per heavy atom. The third kappa shape index (κ3) is 4.72. The first-order valence-electron chi connectivity index (χ1n) is 6.61. The fourth-order valence-electron chi connectivity index (χ4n) is 1.75. The van der Waals surface area contributed by atoms with Crippen LogP contribution >= 0.6 is 15.9 Å². The molecule has 0 saturated heterocycles. The van der Waals surface area contributed by atoms with Crippen molar-refractivity contribution in [3.63, 3.8) is 0 Å². The van der Waals surface area contributed by atoms with Gasteiger partial charge in [-0.25, -0.2) is 4.39 Å². The number of benzene rings is 2. The molecule has 0 aliphatic heterocycles. The molecule has 5 heteroatoms. The van der Waals surface area contributed by atoms with Crippen molar-refractivity contribution in [3.05, 3.63) is 58.3 Å². The second-order valence-electron chi connectivity index (χ2n) is 4.74. The first-order chi connectivity index (χ1) is 10.1. The van der Waals surface area contributed by atoms with E-state index >= 15 is 0 Å². The topological polar surface area (TPSA) is 41.5 Å². The van der Waals surface area contributed by atoms with Crippen LogP contribution in [0.25, 0.3) is 0 Å². The zero-order valence-corrected chi connectivity index (χ0v) is 13.2. The summed E-state index contributed by atoms with van der Waals surface area (Å²) in [7, 11) is 0. The Morgan fingerprint density at radius 3 is 2.76 bits per heavy atom. The number of hydrogen-bond donors (Lipinski definition) is 2. The molecular weight excluding hydrogens is 337 g/mol. The molecule has 0 amide bonds. The van der Waals surface area contributed by atoms with Gasteiger partial charge < -0.3 is 15.2 Å². The minimum absolute atomic E-state index is 0.0287. The van der Waals surface area contributed by atoms with Crippen molar-refractivity contribution in [2.75, 3.05) is 18.5 Å². The van der Waals surface area contributed by atoms with E-state index in [9.17, 15) is 9.50 Å². The Balaban J connectivity index is 1.81. The molecule has 0 spiro atoms. The molecule has 1 atom stereocenters. The molecule has 2 N–H and O–H groups in total. The number of rotatable bonds is 6. The zero-order chi connectivity index (χ0) is 15.2. The highest BCUT2D eigenvalue weighted by molar-refractivity contribution is 9.10. The number of aliphatic hydroxyl groups excluding tert-OH is 1. The van der Waals surface area contributed by atoms with Crippen LogP contribution in [0.3, 0.4) is 0 Å². The van der Waals surface area contributed by atoms with Gasteiger partial charge in [-0.3, -0.25) is 0 Å². The zero-order valence-electron chi connectivity index (χ0n) is 11.6. The molecule has 0 heterocycles. The van der Waals surface area contributed by atoms with Crippen LogP contribution < -0.4 is 10.1 Å². The Labute approximate surface area is 131 Å². The second kappa shape index (κ2) is 7.43. The molecule has 0 fully saturated rings. The van der Waals surface area contributed by atoms with Gasteiger partial charge in [-0.1, -0.05) is 34.1 Å². The van der Waals surface area contributed by atoms with Crippen molar-refractivity contribution in [1.29, 1.82) is 0 Å². The molecular formula is C16H17BrFNO2. The number of anilines is 1. The van der Waals surface area contributed by atoms with E-state index in [-0.39, 0.29) is 12.4 Å². The Bertz CT molecular complexity index is 607. The highest BCUT2D eigenvalue weighted by Gasteiger charge is 2.08. The maximum absolute atomic E-state index is 13.3. The lowest BCUT2D eigenvalue weighted by Gasteiger charge is -2.14. The van der Waals surface area contributed by atoms with Gasteiger partial charge in [0.25, 0.3) is 0 Å². The van der Waals surface area contributed by atoms with E-state index in [1.165, 1.54) is 12.1 Å². The number of hydrogen-bond acceptors (Lipinski definition) is 3. The standard InChI is InChI=1S/C16H17BrFNO2/c1-11-6-7-12(8-14(11)17)19-9-13(20)10-21-16-5-3-2-4-15(16)18/h2-8,13,19-20H,9-10H2,1H3. The molecule has 1 unspecified atom stereocenters. The van der Waals surface area contributed by atoms with Crippen molar-refractivity contribution in [3.8, 4) is 5.75 Å². The summed E-state index contributed by atoms with van der Waals surface area (Å²) in [5.41, 5.74) is 2.04. The first kappa shape index (κ1) is 15.8. The fourth-order valence-corrected chi connectivity index (χ4v) is 2.12. The van der Waals surface area contributed by atoms with Crippen LogP contribution in [0.1, 0.15) is 5.56 Å². The Hall–Kier alpha value is -1.59. The highest BCUT2D eigenvalue weighted by Crippen LogP contribution is 2.20. The Morgan fingerprint density at radius 1 is 1.29 bits per heavy atom. The normalized spacial score (nSPS) is 12.0. The van der Waals surface area contributed by atoms with Gasteiger partial charge in [-0.2, -0.15) is 0 Å². The van der Waals surface area contributed by atoms with Crippen molar-refractivity contribution < 1.29 is 14.2 Å². The highest BCUT2D eigenvalue weighted by atomic mass is 79.9. The summed E-state index contributed by atoms with van der Waals surface area (Å²) in [6.07, 6.45) is -0.732. The number of nitrogens with one attached hydrogen (secondary N) is 1. The average molecular weight is 354 g/mol. The molecule has 0 aromatic heterocycles. The average Bonchev–Trinajstić information content (AvgIpc) is 2.47. The Kier molecular flexibility index (Phi) is 5.59. The lowest BCUT2D eigenvalue weighted by atomic mass is 10.2. The molecule has 0 bridgehead atoms. The van der Waals surface area contributed by atoms with Gasteiger partial charge in [0.2, 0.25) is 0 Å². The minimum Gasteiger partial charge on any atom is -0.488 e. The predicted molar refractivity (Wildman–Crippen MR) is 85.3 cm³/mol. The minimum atomic E-state index is -0.732. The van der Waals surface area contributed by atoms with Gasteiger partial charge in [-0.15, -0.1) is 0 Å². The molecule has 0 aliphatic rings. The third-order valence-electron chi connectivity index (χ3n) is 2.98. The van der Waals surface area contributed by atoms with E-state index in [0.29, 0.717) is 6.54 Å². The summed E-state index contributed by atoms with van der Waals surface area (Å²) >= 11 is 3.45. The van der Waals surface area contributed by atoms with E-state index in [2.05, 4.69) is 21.2 Å². The van der Waals surface area contributed by atoms with Gasteiger partial charge in [-0.05, 0) is 36.8 Å². The first-order valence-corrected chi connectivity index (χ1v) is 7.41. The fraction of sp³-hybridized carbons (Fsp3) is 0.250. The molecule has 2 aromatic rings. The van der Waals surface area contributed by atoms with Gasteiger partial charge >= 0.3 is 0 Å². The maximum Gasteiger partial charge on any atom is 0.165 e. The van der Waals surface area contributed by atoms with Crippen LogP contribution in [0.4, 0.5) is 10.1 Å². The number of aryl methyl sites for hydroxylation is 1. The SMILES string of the molecule is Cc1ccc(NCC(O)COc2ccccc2F)cc1Br. The van der Waals surface area contributed by atoms with E-state index in [0.717, 1.165) is 15.7 Å². The smallest absolute Gasteiger partial charge is 0.165 e. The summed E-state index contributed by atoms with van der Waals surface area (Å²) in [5, 5.41) is 13.0. The molecule has 112 valence electrons. The van der Waals surface area contributed by atoms with Crippen LogP contribution in [0, 0.1) is 12.7 Å². The molecule has 3 nitrogen and oxygen atoms in total. The van der Waals surface area contributed by atoms with Crippen molar-refractivity contribution in [1.82, 2.24) is 0 Å². The van der Waals surface area contributed by atoms with E-state index in [1.54, 1.807) is 12.1 Å². The lowest BCUT2D eigenvalue weighted by molar-refractivity contribution is 0.115. The monoisotopic (exact) mass is 353 g/mol. The second-order valence-corrected chi connectivity index (χ2v) is 5.59. The van der Waals surface area contributed by atoms with Crippen molar-refractivity contribution in [2.45, 2.75) is 13.0 Å². The number of halogens is 2. The molecule has 2 rings (SSSR count). The molecule has 0 saturated carbocycles. The number of ether oxygens (including phenoxy) is 1. The van der Waals surface area contributed by atoms with Crippen LogP contribution in [0.15, 0.2) is 46.9 Å². The van der Waals surface area contributed by atoms with Gasteiger partial charge in [0.15, 0.2) is 11.6 Å². The van der Waals surface area contributed by atoms with E-state index in [1.807, 2.05) is 25.1 Å². The van der Waals surface area contributed by atoms with Crippen molar-refractivity contribution >= 4 is 21.6 Å². The molecule has 21 heavy (non-hydrogen) atoms. The predicted octanol–water partition coefficient (Wildman–Crippen LogP) is 3.75. The number of aliphatic hydroxyl groups is 1. The summed E-state index contributed by atoms with van der Waals surface area (Å²) in [6.45, 7) is 2.36. The van der Waals surface area contributed by atoms with E-state index < -0.39 is 11.9 Å². The van der Waals surface area contributed by atoms with Crippen LogP contribution in [-0.2, 0) is 0 Å². The van der Waals surface area contributed by atoms with Gasteiger partial charge in [0.1, 0.15) is 12.7 Å². The van der Waals surface area contributed by atoms with Gasteiger partial charge in [0.05, 0.1) is 0 Å². The summed E-state index contributed by atoms with van der Waals surface area (Å²) < 4.78 is 19.6. The summed E-state index contributed by atoms with van der Waals surface area (Å²) in [5.74, 6) is -0.283. The van der Waals surface area contributed by atoms with Crippen LogP contribution in [-0.4, -0.2) is 24.4 Å². The molecule has 0 radical (unpaired) electrons. The van der Waals surface area contributed by atoms with Gasteiger partial charge in [0, 0.05) is 16.7 Å². The summed E-state index contributed by atoms with van der Waals surface area (Å²) in [6, 6.07) is 12.0. The maximum atomic E-state index is 13.3. The van der Waals surface area contributed by atoms with Crippen LogP contribution in [0.2, 0.25) is 0 Å². The molecule has 2 aromatic carbocycles. The number of para-hydroxylation sites is 1. The summed E-state index contributed by atoms with van der Waals surface area (Å²) in [4.78, 5) is 0. The quantitative estimate of drug-likeness (QED) is 0.830. The van der Waals surface area contributed by atoms with Crippen LogP contribution in [0.5, 0.6) is 5.75 Å². The van der Waals surface area contributed by atoms with Crippen molar-refractivity contribution in [2.24, 2.45) is 0 Å². The largest absolute Gasteiger partial charge is 0.488 e. The molecule has 0 aliphatic carbocycles. The lowest BCUT2D eigenvalue weighted by Crippen LogP contribution is -2.26.